The van der Waals surface area contributed by atoms with Gasteiger partial charge in [0.05, 0.1) is 11.1 Å². The molecule has 1 N–H and O–H groups in total. The standard InChI is InChI=1S/C12H22N2OS/c1-12(2,3)11(15-5)9(13-4)8-10-14-6-7-16-10/h6-7,9,11,13H,8H2,1-5H3. The van der Waals surface area contributed by atoms with Crippen LogP contribution in [-0.2, 0) is 11.2 Å². The molecule has 4 heteroatoms. The molecule has 16 heavy (non-hydrogen) atoms. The lowest BCUT2D eigenvalue weighted by Gasteiger charge is -2.35. The first-order valence-corrected chi connectivity index (χ1v) is 6.45. The zero-order valence-electron chi connectivity index (χ0n) is 10.8. The number of likely N-dealkylation sites (N-methyl/N-ethyl adjacent to an activating group) is 1. The largest absolute Gasteiger partial charge is 0.379 e. The Balaban J connectivity index is 2.72. The molecule has 1 aromatic rings. The molecule has 0 aliphatic carbocycles. The van der Waals surface area contributed by atoms with Crippen LogP contribution in [0.5, 0.6) is 0 Å². The molecule has 0 spiro atoms. The number of hydrogen-bond donors (Lipinski definition) is 1. The molecule has 0 saturated heterocycles. The van der Waals surface area contributed by atoms with Crippen molar-refractivity contribution < 1.29 is 4.74 Å². The minimum Gasteiger partial charge on any atom is -0.379 e. The van der Waals surface area contributed by atoms with Crippen LogP contribution >= 0.6 is 11.3 Å². The Labute approximate surface area is 102 Å². The molecule has 3 nitrogen and oxygen atoms in total. The van der Waals surface area contributed by atoms with E-state index in [0.717, 1.165) is 11.4 Å². The summed E-state index contributed by atoms with van der Waals surface area (Å²) >= 11 is 1.70. The van der Waals surface area contributed by atoms with Gasteiger partial charge in [-0.2, -0.15) is 0 Å². The number of thiazole rings is 1. The summed E-state index contributed by atoms with van der Waals surface area (Å²) in [5, 5.41) is 6.51. The third-order valence-electron chi connectivity index (χ3n) is 2.72. The molecule has 0 bridgehead atoms. The van der Waals surface area contributed by atoms with Crippen LogP contribution in [0.1, 0.15) is 25.8 Å². The van der Waals surface area contributed by atoms with E-state index in [0.29, 0.717) is 6.04 Å². The van der Waals surface area contributed by atoms with Gasteiger partial charge >= 0.3 is 0 Å². The average molecular weight is 242 g/mol. The first-order chi connectivity index (χ1) is 7.49. The third-order valence-corrected chi connectivity index (χ3v) is 3.52. The van der Waals surface area contributed by atoms with Crippen LogP contribution in [0.3, 0.4) is 0 Å². The number of rotatable bonds is 5. The summed E-state index contributed by atoms with van der Waals surface area (Å²) in [4.78, 5) is 4.33. The van der Waals surface area contributed by atoms with Gasteiger partial charge in [-0.05, 0) is 12.5 Å². The lowest BCUT2D eigenvalue weighted by molar-refractivity contribution is -0.00922. The van der Waals surface area contributed by atoms with Crippen molar-refractivity contribution in [3.63, 3.8) is 0 Å². The molecule has 0 amide bonds. The Bertz CT molecular complexity index is 292. The van der Waals surface area contributed by atoms with Gasteiger partial charge < -0.3 is 10.1 Å². The van der Waals surface area contributed by atoms with Gasteiger partial charge in [-0.3, -0.25) is 0 Å². The van der Waals surface area contributed by atoms with Crippen molar-refractivity contribution in [1.29, 1.82) is 0 Å². The lowest BCUT2D eigenvalue weighted by atomic mass is 9.83. The molecule has 92 valence electrons. The second-order valence-corrected chi connectivity index (χ2v) is 6.03. The van der Waals surface area contributed by atoms with Crippen molar-refractivity contribution in [1.82, 2.24) is 10.3 Å². The van der Waals surface area contributed by atoms with E-state index in [1.807, 2.05) is 18.6 Å². The van der Waals surface area contributed by atoms with Crippen molar-refractivity contribution in [3.05, 3.63) is 16.6 Å². The third kappa shape index (κ3) is 3.54. The zero-order valence-corrected chi connectivity index (χ0v) is 11.6. The van der Waals surface area contributed by atoms with E-state index < -0.39 is 0 Å². The van der Waals surface area contributed by atoms with E-state index in [4.69, 9.17) is 4.74 Å². The van der Waals surface area contributed by atoms with Crippen molar-refractivity contribution in [2.45, 2.75) is 39.3 Å². The molecule has 0 aliphatic rings. The van der Waals surface area contributed by atoms with Crippen LogP contribution < -0.4 is 5.32 Å². The van der Waals surface area contributed by atoms with Crippen LogP contribution in [0, 0.1) is 5.41 Å². The second kappa shape index (κ2) is 5.75. The van der Waals surface area contributed by atoms with Crippen LogP contribution in [0.4, 0.5) is 0 Å². The Kier molecular flexibility index (Phi) is 4.89. The maximum absolute atomic E-state index is 5.63. The Hall–Kier alpha value is -0.450. The number of nitrogens with zero attached hydrogens (tertiary/aromatic N) is 1. The van der Waals surface area contributed by atoms with Gasteiger partial charge in [-0.25, -0.2) is 4.98 Å². The van der Waals surface area contributed by atoms with Gasteiger partial charge in [0.2, 0.25) is 0 Å². The van der Waals surface area contributed by atoms with Crippen molar-refractivity contribution >= 4 is 11.3 Å². The van der Waals surface area contributed by atoms with Crippen molar-refractivity contribution in [3.8, 4) is 0 Å². The number of hydrogen-bond acceptors (Lipinski definition) is 4. The fourth-order valence-electron chi connectivity index (χ4n) is 2.02. The summed E-state index contributed by atoms with van der Waals surface area (Å²) < 4.78 is 5.63. The van der Waals surface area contributed by atoms with Gasteiger partial charge in [-0.1, -0.05) is 20.8 Å². The number of nitrogens with one attached hydrogen (secondary N) is 1. The van der Waals surface area contributed by atoms with Gasteiger partial charge in [0, 0.05) is 31.1 Å². The molecular formula is C12H22N2OS. The van der Waals surface area contributed by atoms with Crippen LogP contribution in [0.2, 0.25) is 0 Å². The molecule has 2 unspecified atom stereocenters. The molecule has 1 heterocycles. The van der Waals surface area contributed by atoms with E-state index in [9.17, 15) is 0 Å². The monoisotopic (exact) mass is 242 g/mol. The molecular weight excluding hydrogens is 220 g/mol. The quantitative estimate of drug-likeness (QED) is 0.860. The molecule has 0 radical (unpaired) electrons. The Morgan fingerprint density at radius 2 is 2.19 bits per heavy atom. The summed E-state index contributed by atoms with van der Waals surface area (Å²) in [6, 6.07) is 0.302. The predicted molar refractivity (Wildman–Crippen MR) is 68.9 cm³/mol. The molecule has 0 saturated carbocycles. The van der Waals surface area contributed by atoms with E-state index in [1.54, 1.807) is 18.4 Å². The maximum atomic E-state index is 5.63. The smallest absolute Gasteiger partial charge is 0.0941 e. The Morgan fingerprint density at radius 3 is 2.56 bits per heavy atom. The normalized spacial score (nSPS) is 16.1. The van der Waals surface area contributed by atoms with E-state index in [2.05, 4.69) is 31.1 Å². The van der Waals surface area contributed by atoms with Crippen molar-refractivity contribution in [2.24, 2.45) is 5.41 Å². The second-order valence-electron chi connectivity index (χ2n) is 5.05. The van der Waals surface area contributed by atoms with E-state index in [-0.39, 0.29) is 11.5 Å². The molecule has 0 aromatic carbocycles. The number of ether oxygens (including phenoxy) is 1. The lowest BCUT2D eigenvalue weighted by Crippen LogP contribution is -2.47. The summed E-state index contributed by atoms with van der Waals surface area (Å²) in [6.45, 7) is 6.61. The molecule has 1 rings (SSSR count). The topological polar surface area (TPSA) is 34.2 Å². The highest BCUT2D eigenvalue weighted by atomic mass is 32.1. The van der Waals surface area contributed by atoms with Gasteiger partial charge in [0.1, 0.15) is 0 Å². The fourth-order valence-corrected chi connectivity index (χ4v) is 2.70. The van der Waals surface area contributed by atoms with E-state index >= 15 is 0 Å². The van der Waals surface area contributed by atoms with Gasteiger partial charge in [-0.15, -0.1) is 11.3 Å². The Morgan fingerprint density at radius 1 is 1.50 bits per heavy atom. The first-order valence-electron chi connectivity index (χ1n) is 5.57. The number of methoxy groups -OCH3 is 1. The molecule has 0 aliphatic heterocycles. The van der Waals surface area contributed by atoms with Crippen molar-refractivity contribution in [2.75, 3.05) is 14.2 Å². The summed E-state index contributed by atoms with van der Waals surface area (Å²) in [5.41, 5.74) is 0.125. The minimum absolute atomic E-state index is 0.125. The minimum atomic E-state index is 0.125. The van der Waals surface area contributed by atoms with Crippen LogP contribution in [0.15, 0.2) is 11.6 Å². The molecule has 2 atom stereocenters. The molecule has 1 aromatic heterocycles. The zero-order chi connectivity index (χ0) is 12.2. The first kappa shape index (κ1) is 13.6. The van der Waals surface area contributed by atoms with E-state index in [1.165, 1.54) is 0 Å². The van der Waals surface area contributed by atoms with Gasteiger partial charge in [0.15, 0.2) is 0 Å². The summed E-state index contributed by atoms with van der Waals surface area (Å²) in [7, 11) is 3.76. The highest BCUT2D eigenvalue weighted by Crippen LogP contribution is 2.26. The number of aromatic nitrogens is 1. The maximum Gasteiger partial charge on any atom is 0.0941 e. The SMILES string of the molecule is CNC(Cc1nccs1)C(OC)C(C)(C)C. The van der Waals surface area contributed by atoms with Gasteiger partial charge in [0.25, 0.3) is 0 Å². The highest BCUT2D eigenvalue weighted by Gasteiger charge is 2.31. The van der Waals surface area contributed by atoms with Crippen LogP contribution in [0.25, 0.3) is 0 Å². The fraction of sp³-hybridized carbons (Fsp3) is 0.750. The average Bonchev–Trinajstić information content (AvgIpc) is 2.67. The molecule has 0 fully saturated rings. The van der Waals surface area contributed by atoms with Crippen LogP contribution in [-0.4, -0.2) is 31.3 Å². The summed E-state index contributed by atoms with van der Waals surface area (Å²) in [5.74, 6) is 0. The highest BCUT2D eigenvalue weighted by molar-refractivity contribution is 7.09. The predicted octanol–water partition coefficient (Wildman–Crippen LogP) is 2.33. The summed E-state index contributed by atoms with van der Waals surface area (Å²) in [6.07, 6.45) is 2.96.